The normalized spacial score (nSPS) is 10.9. The van der Waals surface area contributed by atoms with Crippen LogP contribution in [-0.4, -0.2) is 19.7 Å². The van der Waals surface area contributed by atoms with E-state index >= 15 is 0 Å². The maximum atomic E-state index is 12.3. The third kappa shape index (κ3) is 5.90. The molecule has 0 heterocycles. The molecular weight excluding hydrogens is 426 g/mol. The van der Waals surface area contributed by atoms with E-state index in [9.17, 15) is 10.1 Å². The average Bonchev–Trinajstić information content (AvgIpc) is 2.79. The minimum atomic E-state index is -0.552. The summed E-state index contributed by atoms with van der Waals surface area (Å²) in [5.41, 5.74) is 4.16. The molecular formula is C26H22ClNO4. The highest BCUT2D eigenvalue weighted by molar-refractivity contribution is 6.30. The Labute approximate surface area is 192 Å². The Morgan fingerprint density at radius 2 is 1.75 bits per heavy atom. The second kappa shape index (κ2) is 10.5. The molecule has 0 aliphatic rings. The predicted octanol–water partition coefficient (Wildman–Crippen LogP) is 6.01. The number of halogens is 1. The summed E-state index contributed by atoms with van der Waals surface area (Å²) in [6.45, 7) is 3.75. The van der Waals surface area contributed by atoms with Crippen LogP contribution in [-0.2, 0) is 4.79 Å². The highest BCUT2D eigenvalue weighted by Crippen LogP contribution is 2.30. The lowest BCUT2D eigenvalue weighted by Gasteiger charge is -2.11. The number of hydrogen-bond acceptors (Lipinski definition) is 5. The summed E-state index contributed by atoms with van der Waals surface area (Å²) in [7, 11) is 1.48. The Bertz CT molecular complexity index is 1190. The number of methoxy groups -OCH3 is 1. The number of carbonyl (C=O) groups excluding carboxylic acids is 1. The molecule has 0 aliphatic heterocycles. The van der Waals surface area contributed by atoms with E-state index in [-0.39, 0.29) is 12.4 Å². The molecule has 0 radical (unpaired) electrons. The molecule has 0 fully saturated rings. The van der Waals surface area contributed by atoms with Crippen molar-refractivity contribution in [1.29, 1.82) is 5.26 Å². The number of nitriles is 1. The van der Waals surface area contributed by atoms with Crippen molar-refractivity contribution < 1.29 is 19.0 Å². The first-order valence-electron chi connectivity index (χ1n) is 9.86. The molecule has 0 unspecified atom stereocenters. The van der Waals surface area contributed by atoms with Crippen LogP contribution in [0.5, 0.6) is 17.2 Å². The standard InChI is InChI=1S/C26H22ClNO4/c1-17-4-10-23(12-18(17)2)31-16-26(29)32-24-11-5-19(14-25(24)30-3)13-21(15-28)20-6-8-22(27)9-7-20/h4-14H,16H2,1-3H3. The summed E-state index contributed by atoms with van der Waals surface area (Å²) >= 11 is 5.92. The van der Waals surface area contributed by atoms with Crippen molar-refractivity contribution in [3.63, 3.8) is 0 Å². The Morgan fingerprint density at radius 3 is 2.41 bits per heavy atom. The molecule has 0 spiro atoms. The molecule has 0 aliphatic carbocycles. The van der Waals surface area contributed by atoms with Gasteiger partial charge >= 0.3 is 5.97 Å². The number of carbonyl (C=O) groups is 1. The number of rotatable bonds is 7. The lowest BCUT2D eigenvalue weighted by Crippen LogP contribution is -2.18. The number of hydrogen-bond donors (Lipinski definition) is 0. The van der Waals surface area contributed by atoms with Crippen LogP contribution in [0.15, 0.2) is 60.7 Å². The maximum absolute atomic E-state index is 12.3. The first-order valence-corrected chi connectivity index (χ1v) is 10.2. The quantitative estimate of drug-likeness (QED) is 0.192. The molecule has 0 bridgehead atoms. The van der Waals surface area contributed by atoms with Gasteiger partial charge in [-0.25, -0.2) is 4.79 Å². The zero-order valence-electron chi connectivity index (χ0n) is 18.0. The molecule has 0 saturated heterocycles. The highest BCUT2D eigenvalue weighted by Gasteiger charge is 2.12. The molecule has 0 amide bonds. The number of ether oxygens (including phenoxy) is 3. The smallest absolute Gasteiger partial charge is 0.349 e. The van der Waals surface area contributed by atoms with Crippen LogP contribution >= 0.6 is 11.6 Å². The Kier molecular flexibility index (Phi) is 7.54. The lowest BCUT2D eigenvalue weighted by atomic mass is 10.0. The first kappa shape index (κ1) is 22.9. The fourth-order valence-electron chi connectivity index (χ4n) is 2.93. The van der Waals surface area contributed by atoms with Crippen LogP contribution in [0.3, 0.4) is 0 Å². The molecule has 6 heteroatoms. The van der Waals surface area contributed by atoms with Crippen molar-refractivity contribution in [2.24, 2.45) is 0 Å². The van der Waals surface area contributed by atoms with E-state index < -0.39 is 5.97 Å². The zero-order chi connectivity index (χ0) is 23.1. The van der Waals surface area contributed by atoms with Crippen molar-refractivity contribution in [1.82, 2.24) is 0 Å². The van der Waals surface area contributed by atoms with Crippen LogP contribution < -0.4 is 14.2 Å². The topological polar surface area (TPSA) is 68.5 Å². The number of benzene rings is 3. The monoisotopic (exact) mass is 447 g/mol. The third-order valence-corrected chi connectivity index (χ3v) is 5.09. The van der Waals surface area contributed by atoms with Crippen LogP contribution in [0.1, 0.15) is 22.3 Å². The van der Waals surface area contributed by atoms with Crippen molar-refractivity contribution in [2.75, 3.05) is 13.7 Å². The van der Waals surface area contributed by atoms with E-state index in [0.717, 1.165) is 22.3 Å². The summed E-state index contributed by atoms with van der Waals surface area (Å²) in [5, 5.41) is 10.1. The Balaban J connectivity index is 1.71. The van der Waals surface area contributed by atoms with Gasteiger partial charge in [-0.3, -0.25) is 0 Å². The highest BCUT2D eigenvalue weighted by atomic mass is 35.5. The van der Waals surface area contributed by atoms with Gasteiger partial charge in [0.1, 0.15) is 5.75 Å². The Hall–Kier alpha value is -3.75. The Morgan fingerprint density at radius 1 is 1.00 bits per heavy atom. The molecule has 32 heavy (non-hydrogen) atoms. The predicted molar refractivity (Wildman–Crippen MR) is 125 cm³/mol. The molecule has 0 aromatic heterocycles. The summed E-state index contributed by atoms with van der Waals surface area (Å²) in [6.07, 6.45) is 1.72. The van der Waals surface area contributed by atoms with Gasteiger partial charge in [-0.2, -0.15) is 5.26 Å². The van der Waals surface area contributed by atoms with Crippen molar-refractivity contribution in [3.8, 4) is 23.3 Å². The van der Waals surface area contributed by atoms with Gasteiger partial charge in [-0.1, -0.05) is 35.9 Å². The third-order valence-electron chi connectivity index (χ3n) is 4.83. The molecule has 0 N–H and O–H groups in total. The summed E-state index contributed by atoms with van der Waals surface area (Å²) in [4.78, 5) is 12.3. The van der Waals surface area contributed by atoms with Crippen LogP contribution in [0.25, 0.3) is 11.6 Å². The number of aryl methyl sites for hydroxylation is 2. The fraction of sp³-hybridized carbons (Fsp3) is 0.154. The number of nitrogens with zero attached hydrogens (tertiary/aromatic N) is 1. The molecule has 5 nitrogen and oxygen atoms in total. The van der Waals surface area contributed by atoms with Gasteiger partial charge in [0.05, 0.1) is 18.8 Å². The molecule has 3 aromatic carbocycles. The van der Waals surface area contributed by atoms with Crippen molar-refractivity contribution in [2.45, 2.75) is 13.8 Å². The molecule has 3 rings (SSSR count). The zero-order valence-corrected chi connectivity index (χ0v) is 18.8. The van der Waals surface area contributed by atoms with E-state index in [1.54, 1.807) is 48.5 Å². The van der Waals surface area contributed by atoms with Crippen molar-refractivity contribution in [3.05, 3.63) is 87.9 Å². The van der Waals surface area contributed by atoms with E-state index in [0.29, 0.717) is 22.1 Å². The minimum Gasteiger partial charge on any atom is -0.493 e. The summed E-state index contributed by atoms with van der Waals surface area (Å²) in [6, 6.07) is 19.9. The van der Waals surface area contributed by atoms with Gasteiger partial charge in [-0.05, 0) is 78.6 Å². The SMILES string of the molecule is COc1cc(C=C(C#N)c2ccc(Cl)cc2)ccc1OC(=O)COc1ccc(C)c(C)c1. The molecule has 0 atom stereocenters. The second-order valence-corrected chi connectivity index (χ2v) is 7.53. The fourth-order valence-corrected chi connectivity index (χ4v) is 3.06. The minimum absolute atomic E-state index is 0.234. The van der Waals surface area contributed by atoms with Crippen LogP contribution in [0.4, 0.5) is 0 Å². The average molecular weight is 448 g/mol. The maximum Gasteiger partial charge on any atom is 0.349 e. The number of esters is 1. The van der Waals surface area contributed by atoms with Gasteiger partial charge in [0, 0.05) is 5.02 Å². The summed E-state index contributed by atoms with van der Waals surface area (Å²) in [5.74, 6) is 0.683. The largest absolute Gasteiger partial charge is 0.493 e. The van der Waals surface area contributed by atoms with Gasteiger partial charge in [0.15, 0.2) is 18.1 Å². The van der Waals surface area contributed by atoms with E-state index in [4.69, 9.17) is 25.8 Å². The van der Waals surface area contributed by atoms with Gasteiger partial charge in [0.2, 0.25) is 0 Å². The second-order valence-electron chi connectivity index (χ2n) is 7.10. The molecule has 0 saturated carbocycles. The first-order chi connectivity index (χ1) is 15.4. The van der Waals surface area contributed by atoms with Crippen LogP contribution in [0.2, 0.25) is 5.02 Å². The number of allylic oxidation sites excluding steroid dienone is 1. The van der Waals surface area contributed by atoms with Gasteiger partial charge in [-0.15, -0.1) is 0 Å². The summed E-state index contributed by atoms with van der Waals surface area (Å²) < 4.78 is 16.3. The van der Waals surface area contributed by atoms with Gasteiger partial charge in [0.25, 0.3) is 0 Å². The van der Waals surface area contributed by atoms with E-state index in [1.807, 2.05) is 32.0 Å². The molecule has 162 valence electrons. The van der Waals surface area contributed by atoms with E-state index in [2.05, 4.69) is 6.07 Å². The molecule has 3 aromatic rings. The van der Waals surface area contributed by atoms with Crippen molar-refractivity contribution >= 4 is 29.2 Å². The van der Waals surface area contributed by atoms with E-state index in [1.165, 1.54) is 7.11 Å². The van der Waals surface area contributed by atoms with Gasteiger partial charge < -0.3 is 14.2 Å². The van der Waals surface area contributed by atoms with Crippen LogP contribution in [0, 0.1) is 25.2 Å². The lowest BCUT2D eigenvalue weighted by molar-refractivity contribution is -0.136.